The van der Waals surface area contributed by atoms with Crippen LogP contribution in [0.2, 0.25) is 0 Å². The molecule has 0 bridgehead atoms. The van der Waals surface area contributed by atoms with E-state index in [2.05, 4.69) is 17.6 Å². The van der Waals surface area contributed by atoms with Crippen molar-refractivity contribution >= 4 is 23.2 Å². The summed E-state index contributed by atoms with van der Waals surface area (Å²) in [6, 6.07) is 2.03. The van der Waals surface area contributed by atoms with Crippen molar-refractivity contribution in [2.24, 2.45) is 5.92 Å². The predicted octanol–water partition coefficient (Wildman–Crippen LogP) is 2.03. The van der Waals surface area contributed by atoms with Crippen LogP contribution in [0.25, 0.3) is 0 Å². The van der Waals surface area contributed by atoms with Gasteiger partial charge < -0.3 is 15.5 Å². The fourth-order valence-corrected chi connectivity index (χ4v) is 4.60. The van der Waals surface area contributed by atoms with Crippen molar-refractivity contribution in [2.75, 3.05) is 26.2 Å². The highest BCUT2D eigenvalue weighted by molar-refractivity contribution is 7.12. The molecule has 0 saturated carbocycles. The fraction of sp³-hybridized carbons (Fsp3) is 0.667. The van der Waals surface area contributed by atoms with Gasteiger partial charge in [-0.3, -0.25) is 9.59 Å². The quantitative estimate of drug-likeness (QED) is 0.855. The first-order valence-electron chi connectivity index (χ1n) is 9.05. The summed E-state index contributed by atoms with van der Waals surface area (Å²) in [5, 5.41) is 8.30. The summed E-state index contributed by atoms with van der Waals surface area (Å²) in [5.74, 6) is 0.635. The Morgan fingerprint density at radius 2 is 2.25 bits per heavy atom. The first kappa shape index (κ1) is 17.4. The van der Waals surface area contributed by atoms with E-state index in [1.54, 1.807) is 11.3 Å². The largest absolute Gasteiger partial charge is 0.354 e. The van der Waals surface area contributed by atoms with Crippen LogP contribution in [-0.4, -0.2) is 48.9 Å². The minimum atomic E-state index is -0.0236. The van der Waals surface area contributed by atoms with E-state index >= 15 is 0 Å². The van der Waals surface area contributed by atoms with Crippen LogP contribution in [0.4, 0.5) is 0 Å². The van der Waals surface area contributed by atoms with E-state index < -0.39 is 0 Å². The minimum Gasteiger partial charge on any atom is -0.354 e. The van der Waals surface area contributed by atoms with Crippen LogP contribution in [0.5, 0.6) is 0 Å². The van der Waals surface area contributed by atoms with Gasteiger partial charge in [0.25, 0.3) is 5.91 Å². The zero-order valence-corrected chi connectivity index (χ0v) is 15.2. The third-order valence-electron chi connectivity index (χ3n) is 5.07. The smallest absolute Gasteiger partial charge is 0.264 e. The van der Waals surface area contributed by atoms with Gasteiger partial charge in [0.2, 0.25) is 5.91 Å². The Hall–Kier alpha value is -1.40. The van der Waals surface area contributed by atoms with Gasteiger partial charge in [-0.25, -0.2) is 0 Å². The monoisotopic (exact) mass is 349 g/mol. The fourth-order valence-electron chi connectivity index (χ4n) is 3.64. The average molecular weight is 350 g/mol. The number of nitrogens with one attached hydrogen (secondary N) is 2. The number of hydrogen-bond acceptors (Lipinski definition) is 4. The zero-order valence-electron chi connectivity index (χ0n) is 14.3. The molecule has 1 aromatic rings. The molecule has 24 heavy (non-hydrogen) atoms. The lowest BCUT2D eigenvalue weighted by atomic mass is 9.97. The molecule has 3 heterocycles. The van der Waals surface area contributed by atoms with Crippen LogP contribution in [-0.2, 0) is 11.2 Å². The number of nitrogens with zero attached hydrogens (tertiary/aromatic N) is 1. The van der Waals surface area contributed by atoms with Crippen molar-refractivity contribution < 1.29 is 9.59 Å². The van der Waals surface area contributed by atoms with E-state index in [4.69, 9.17) is 0 Å². The maximum absolute atomic E-state index is 12.8. The SMILES string of the molecule is CCc1ccsc1C(=O)N1CCCC(CNC(=O)C2CCCN2)C1. The van der Waals surface area contributed by atoms with Gasteiger partial charge in [-0.15, -0.1) is 11.3 Å². The highest BCUT2D eigenvalue weighted by Gasteiger charge is 2.28. The molecule has 5 nitrogen and oxygen atoms in total. The number of aryl methyl sites for hydroxylation is 1. The van der Waals surface area contributed by atoms with E-state index in [1.165, 1.54) is 0 Å². The second-order valence-electron chi connectivity index (χ2n) is 6.78. The van der Waals surface area contributed by atoms with E-state index in [9.17, 15) is 9.59 Å². The second kappa shape index (κ2) is 8.12. The molecule has 2 saturated heterocycles. The third-order valence-corrected chi connectivity index (χ3v) is 6.01. The first-order valence-corrected chi connectivity index (χ1v) is 9.93. The normalized spacial score (nSPS) is 24.1. The lowest BCUT2D eigenvalue weighted by Gasteiger charge is -2.33. The zero-order chi connectivity index (χ0) is 16.9. The lowest BCUT2D eigenvalue weighted by molar-refractivity contribution is -0.123. The van der Waals surface area contributed by atoms with Crippen LogP contribution in [0, 0.1) is 5.92 Å². The lowest BCUT2D eigenvalue weighted by Crippen LogP contribution is -2.46. The van der Waals surface area contributed by atoms with Crippen LogP contribution >= 0.6 is 11.3 Å². The molecule has 0 spiro atoms. The summed E-state index contributed by atoms with van der Waals surface area (Å²) in [7, 11) is 0. The Labute approximate surface area is 147 Å². The maximum atomic E-state index is 12.8. The number of hydrogen-bond donors (Lipinski definition) is 2. The van der Waals surface area contributed by atoms with Crippen molar-refractivity contribution in [3.8, 4) is 0 Å². The van der Waals surface area contributed by atoms with Crippen molar-refractivity contribution in [3.63, 3.8) is 0 Å². The van der Waals surface area contributed by atoms with E-state index in [1.807, 2.05) is 16.3 Å². The molecule has 2 aliphatic heterocycles. The predicted molar refractivity (Wildman–Crippen MR) is 96.4 cm³/mol. The third kappa shape index (κ3) is 3.98. The Bertz CT molecular complexity index is 581. The number of rotatable bonds is 5. The molecular formula is C18H27N3O2S. The topological polar surface area (TPSA) is 61.4 Å². The van der Waals surface area contributed by atoms with E-state index in [0.717, 1.165) is 62.2 Å². The van der Waals surface area contributed by atoms with E-state index in [-0.39, 0.29) is 17.9 Å². The highest BCUT2D eigenvalue weighted by atomic mass is 32.1. The average Bonchev–Trinajstić information content (AvgIpc) is 3.30. The van der Waals surface area contributed by atoms with Crippen LogP contribution < -0.4 is 10.6 Å². The van der Waals surface area contributed by atoms with Crippen LogP contribution in [0.1, 0.15) is 47.8 Å². The van der Waals surface area contributed by atoms with Gasteiger partial charge in [0.05, 0.1) is 10.9 Å². The van der Waals surface area contributed by atoms with Crippen molar-refractivity contribution in [1.29, 1.82) is 0 Å². The molecule has 132 valence electrons. The molecule has 2 amide bonds. The number of piperidine rings is 1. The van der Waals surface area contributed by atoms with Gasteiger partial charge in [0.15, 0.2) is 0 Å². The van der Waals surface area contributed by atoms with Crippen molar-refractivity contribution in [1.82, 2.24) is 15.5 Å². The van der Waals surface area contributed by atoms with Gasteiger partial charge >= 0.3 is 0 Å². The van der Waals surface area contributed by atoms with Crippen LogP contribution in [0.3, 0.4) is 0 Å². The van der Waals surface area contributed by atoms with Gasteiger partial charge in [0.1, 0.15) is 0 Å². The molecule has 3 rings (SSSR count). The molecule has 0 aromatic carbocycles. The Morgan fingerprint density at radius 3 is 3.00 bits per heavy atom. The molecule has 0 radical (unpaired) electrons. The molecule has 1 aromatic heterocycles. The summed E-state index contributed by atoms with van der Waals surface area (Å²) in [4.78, 5) is 27.8. The Balaban J connectivity index is 1.52. The first-order chi connectivity index (χ1) is 11.7. The molecule has 6 heteroatoms. The van der Waals surface area contributed by atoms with Crippen molar-refractivity contribution in [2.45, 2.75) is 45.1 Å². The number of carbonyl (C=O) groups is 2. The summed E-state index contributed by atoms with van der Waals surface area (Å²) in [6.45, 7) is 5.27. The molecule has 2 atom stereocenters. The maximum Gasteiger partial charge on any atom is 0.264 e. The molecule has 2 unspecified atom stereocenters. The van der Waals surface area contributed by atoms with Gasteiger partial charge in [-0.2, -0.15) is 0 Å². The minimum absolute atomic E-state index is 0.0236. The van der Waals surface area contributed by atoms with Gasteiger partial charge in [0, 0.05) is 19.6 Å². The molecular weight excluding hydrogens is 322 g/mol. The van der Waals surface area contributed by atoms with Crippen molar-refractivity contribution in [3.05, 3.63) is 21.9 Å². The number of amides is 2. The number of carbonyl (C=O) groups excluding carboxylic acids is 2. The van der Waals surface area contributed by atoms with E-state index in [0.29, 0.717) is 12.5 Å². The summed E-state index contributed by atoms with van der Waals surface area (Å²) in [5.41, 5.74) is 1.15. The summed E-state index contributed by atoms with van der Waals surface area (Å²) < 4.78 is 0. The number of likely N-dealkylation sites (tertiary alicyclic amines) is 1. The molecule has 0 aliphatic carbocycles. The Kier molecular flexibility index (Phi) is 5.89. The van der Waals surface area contributed by atoms with Crippen LogP contribution in [0.15, 0.2) is 11.4 Å². The summed E-state index contributed by atoms with van der Waals surface area (Å²) in [6.07, 6.45) is 4.99. The van der Waals surface area contributed by atoms with Gasteiger partial charge in [-0.05, 0) is 61.6 Å². The molecule has 2 aliphatic rings. The number of thiophene rings is 1. The standard InChI is InChI=1S/C18H27N3O2S/c1-2-14-7-10-24-16(14)18(23)21-9-4-5-13(12-21)11-20-17(22)15-6-3-8-19-15/h7,10,13,15,19H,2-6,8-9,11-12H2,1H3,(H,20,22). The second-order valence-corrected chi connectivity index (χ2v) is 7.70. The molecule has 2 N–H and O–H groups in total. The molecule has 2 fully saturated rings. The highest BCUT2D eigenvalue weighted by Crippen LogP contribution is 2.23. The van der Waals surface area contributed by atoms with Gasteiger partial charge in [-0.1, -0.05) is 6.92 Å². The Morgan fingerprint density at radius 1 is 1.38 bits per heavy atom. The summed E-state index contributed by atoms with van der Waals surface area (Å²) >= 11 is 1.54.